The molecule has 3 fully saturated rings. The van der Waals surface area contributed by atoms with E-state index < -0.39 is 0 Å². The topological polar surface area (TPSA) is 57.8 Å². The first-order chi connectivity index (χ1) is 11.9. The molecule has 0 radical (unpaired) electrons. The van der Waals surface area contributed by atoms with Crippen LogP contribution in [0.1, 0.15) is 94.8 Å². The number of ether oxygens (including phenoxy) is 1. The van der Waals surface area contributed by atoms with E-state index in [1.165, 1.54) is 38.5 Å². The molecule has 0 amide bonds. The lowest BCUT2D eigenvalue weighted by Gasteiger charge is -2.39. The molecule has 0 aliphatic heterocycles. The third kappa shape index (κ3) is 5.24. The normalized spacial score (nSPS) is 44.0. The fourth-order valence-electron chi connectivity index (χ4n) is 5.86. The lowest BCUT2D eigenvalue weighted by molar-refractivity contribution is -0.159. The second-order valence-corrected chi connectivity index (χ2v) is 9.98. The summed E-state index contributed by atoms with van der Waals surface area (Å²) in [7, 11) is 0. The Morgan fingerprint density at radius 1 is 0.769 bits per heavy atom. The predicted octanol–water partition coefficient (Wildman–Crippen LogP) is 5.90. The minimum absolute atomic E-state index is 0. The summed E-state index contributed by atoms with van der Waals surface area (Å²) in [4.78, 5) is 12.7. The van der Waals surface area contributed by atoms with E-state index >= 15 is 0 Å². The second kappa shape index (κ2) is 9.57. The van der Waals surface area contributed by atoms with Crippen LogP contribution >= 0.6 is 0 Å². The van der Waals surface area contributed by atoms with Gasteiger partial charge in [-0.25, -0.2) is 0 Å². The van der Waals surface area contributed by atoms with Crippen LogP contribution in [-0.2, 0) is 9.53 Å². The number of hydrogen-bond donors (Lipinski definition) is 0. The number of carbonyl (C=O) groups is 1. The molecule has 2 N–H and O–H groups in total. The van der Waals surface area contributed by atoms with Gasteiger partial charge in [0.1, 0.15) is 6.10 Å². The predicted molar refractivity (Wildman–Crippen MR) is 111 cm³/mol. The van der Waals surface area contributed by atoms with Crippen molar-refractivity contribution in [3.05, 3.63) is 0 Å². The largest absolute Gasteiger partial charge is 0.462 e. The monoisotopic (exact) mass is 370 g/mol. The Bertz CT molecular complexity index is 431. The highest BCUT2D eigenvalue weighted by Gasteiger charge is 2.36. The average Bonchev–Trinajstić information content (AvgIpc) is 2.60. The smallest absolute Gasteiger partial charge is 0.309 e. The van der Waals surface area contributed by atoms with Crippen molar-refractivity contribution in [1.29, 1.82) is 0 Å². The summed E-state index contributed by atoms with van der Waals surface area (Å²) in [6, 6.07) is 0. The highest BCUT2D eigenvalue weighted by Crippen LogP contribution is 2.42. The Kier molecular flexibility index (Phi) is 8.00. The van der Waals surface area contributed by atoms with Crippen molar-refractivity contribution in [2.24, 2.45) is 41.4 Å². The molecule has 3 aliphatic carbocycles. The van der Waals surface area contributed by atoms with Gasteiger partial charge in [-0.1, -0.05) is 40.5 Å². The van der Waals surface area contributed by atoms with Crippen LogP contribution in [0.4, 0.5) is 0 Å². The van der Waals surface area contributed by atoms with Gasteiger partial charge in [0.05, 0.1) is 5.92 Å². The molecule has 0 aromatic heterocycles. The van der Waals surface area contributed by atoms with Gasteiger partial charge < -0.3 is 10.2 Å². The van der Waals surface area contributed by atoms with Crippen LogP contribution in [0.15, 0.2) is 0 Å². The van der Waals surface area contributed by atoms with Crippen molar-refractivity contribution in [2.45, 2.75) is 98.0 Å². The molecular weight excluding hydrogens is 324 g/mol. The molecule has 2 unspecified atom stereocenters. The summed E-state index contributed by atoms with van der Waals surface area (Å²) in [5.41, 5.74) is 0. The molecule has 2 atom stereocenters. The lowest BCUT2D eigenvalue weighted by atomic mass is 9.69. The molecule has 3 nitrogen and oxygen atoms in total. The fourth-order valence-corrected chi connectivity index (χ4v) is 5.86. The molecule has 3 heteroatoms. The van der Waals surface area contributed by atoms with Crippen LogP contribution < -0.4 is 0 Å². The molecule has 0 aromatic rings. The fraction of sp³-hybridized carbons (Fsp3) is 0.957. The first-order valence-electron chi connectivity index (χ1n) is 11.1. The van der Waals surface area contributed by atoms with Crippen molar-refractivity contribution < 1.29 is 17.9 Å². The van der Waals surface area contributed by atoms with Gasteiger partial charge in [0.25, 0.3) is 0 Å². The summed E-state index contributed by atoms with van der Waals surface area (Å²) in [5.74, 6) is 5.16. The van der Waals surface area contributed by atoms with Gasteiger partial charge in [0.2, 0.25) is 0 Å². The van der Waals surface area contributed by atoms with Gasteiger partial charge in [-0.3, -0.25) is 4.79 Å². The zero-order valence-electron chi connectivity index (χ0n) is 17.5. The third-order valence-electron chi connectivity index (χ3n) is 8.18. The Morgan fingerprint density at radius 3 is 1.73 bits per heavy atom. The zero-order valence-corrected chi connectivity index (χ0v) is 17.5. The maximum Gasteiger partial charge on any atom is 0.309 e. The molecule has 156 valence electrons. The van der Waals surface area contributed by atoms with Gasteiger partial charge in [0, 0.05) is 2.85 Å². The zero-order chi connectivity index (χ0) is 18.0. The van der Waals surface area contributed by atoms with E-state index in [2.05, 4.69) is 27.7 Å². The molecule has 0 spiro atoms. The first kappa shape index (κ1) is 21.7. The SMILES string of the molecule is CC1CCC(C2CCC(C(=O)OC3CC(C)C(C)C(C)C3)CC2)CC1.O.[HH].[HH]. The summed E-state index contributed by atoms with van der Waals surface area (Å²) in [5, 5.41) is 0. The van der Waals surface area contributed by atoms with Crippen LogP contribution in [0.2, 0.25) is 0 Å². The Hall–Kier alpha value is -0.570. The molecule has 0 heterocycles. The third-order valence-corrected chi connectivity index (χ3v) is 8.18. The first-order valence-corrected chi connectivity index (χ1v) is 11.1. The summed E-state index contributed by atoms with van der Waals surface area (Å²) >= 11 is 0. The van der Waals surface area contributed by atoms with Crippen LogP contribution in [0.25, 0.3) is 0 Å². The minimum Gasteiger partial charge on any atom is -0.462 e. The second-order valence-electron chi connectivity index (χ2n) is 9.98. The summed E-state index contributed by atoms with van der Waals surface area (Å²) in [6.45, 7) is 9.38. The van der Waals surface area contributed by atoms with Gasteiger partial charge in [0.15, 0.2) is 0 Å². The van der Waals surface area contributed by atoms with Gasteiger partial charge >= 0.3 is 5.97 Å². The Balaban J connectivity index is 0.00000243. The number of rotatable bonds is 3. The number of carbonyl (C=O) groups excluding carboxylic acids is 1. The van der Waals surface area contributed by atoms with Crippen molar-refractivity contribution in [3.8, 4) is 0 Å². The summed E-state index contributed by atoms with van der Waals surface area (Å²) in [6.07, 6.45) is 12.7. The van der Waals surface area contributed by atoms with Crippen molar-refractivity contribution in [1.82, 2.24) is 0 Å². The van der Waals surface area contributed by atoms with E-state index in [9.17, 15) is 4.79 Å². The van der Waals surface area contributed by atoms with Gasteiger partial charge in [-0.05, 0) is 86.9 Å². The Labute approximate surface area is 163 Å². The molecule has 3 saturated carbocycles. The molecule has 0 aromatic carbocycles. The molecule has 0 bridgehead atoms. The molecule has 0 saturated heterocycles. The van der Waals surface area contributed by atoms with E-state index in [1.54, 1.807) is 0 Å². The highest BCUT2D eigenvalue weighted by atomic mass is 16.5. The van der Waals surface area contributed by atoms with E-state index in [0.29, 0.717) is 11.8 Å². The molecule has 3 rings (SSSR count). The van der Waals surface area contributed by atoms with Gasteiger partial charge in [-0.15, -0.1) is 0 Å². The Morgan fingerprint density at radius 2 is 1.23 bits per heavy atom. The number of hydrogen-bond acceptors (Lipinski definition) is 2. The van der Waals surface area contributed by atoms with E-state index in [0.717, 1.165) is 49.4 Å². The van der Waals surface area contributed by atoms with Crippen LogP contribution in [0, 0.1) is 41.4 Å². The standard InChI is InChI=1S/C23H40O2.H2O.2H2/c1-15-5-7-19(8-6-15)20-9-11-21(12-10-20)23(24)25-22-13-16(2)18(4)17(3)14-22;;;/h15-22H,5-14H2,1-4H3;1H2;2*1H. The minimum atomic E-state index is 0. The van der Waals surface area contributed by atoms with E-state index in [-0.39, 0.29) is 26.3 Å². The van der Waals surface area contributed by atoms with E-state index in [4.69, 9.17) is 4.74 Å². The van der Waals surface area contributed by atoms with Crippen molar-refractivity contribution >= 4 is 5.97 Å². The molecular formula is C23H46O3. The molecule has 3 aliphatic rings. The van der Waals surface area contributed by atoms with Crippen LogP contribution in [0.5, 0.6) is 0 Å². The van der Waals surface area contributed by atoms with E-state index in [1.807, 2.05) is 0 Å². The maximum absolute atomic E-state index is 12.7. The quantitative estimate of drug-likeness (QED) is 0.581. The van der Waals surface area contributed by atoms with Crippen molar-refractivity contribution in [3.63, 3.8) is 0 Å². The van der Waals surface area contributed by atoms with Crippen LogP contribution in [-0.4, -0.2) is 17.5 Å². The summed E-state index contributed by atoms with van der Waals surface area (Å²) < 4.78 is 5.98. The van der Waals surface area contributed by atoms with Crippen molar-refractivity contribution in [2.75, 3.05) is 0 Å². The lowest BCUT2D eigenvalue weighted by Crippen LogP contribution is -2.36. The average molecular weight is 371 g/mol. The molecule has 26 heavy (non-hydrogen) atoms. The van der Waals surface area contributed by atoms with Gasteiger partial charge in [-0.2, -0.15) is 0 Å². The highest BCUT2D eigenvalue weighted by molar-refractivity contribution is 5.72. The maximum atomic E-state index is 12.7. The van der Waals surface area contributed by atoms with Crippen LogP contribution in [0.3, 0.4) is 0 Å². The number of esters is 1.